The Kier molecular flexibility index (Phi) is 4.17. The molecule has 2 amide bonds. The molecular formula is C13H20N4O2S. The summed E-state index contributed by atoms with van der Waals surface area (Å²) < 4.78 is 0. The summed E-state index contributed by atoms with van der Waals surface area (Å²) in [6, 6.07) is 0.360. The highest BCUT2D eigenvalue weighted by atomic mass is 32.1. The topological polar surface area (TPSA) is 96.2 Å². The van der Waals surface area contributed by atoms with Gasteiger partial charge in [-0.15, -0.1) is 11.3 Å². The van der Waals surface area contributed by atoms with E-state index in [1.54, 1.807) is 7.05 Å². The minimum atomic E-state index is -0.273. The predicted octanol–water partition coefficient (Wildman–Crippen LogP) is 1.26. The molecule has 0 saturated heterocycles. The number of anilines is 2. The van der Waals surface area contributed by atoms with Gasteiger partial charge in [-0.1, -0.05) is 6.92 Å². The summed E-state index contributed by atoms with van der Waals surface area (Å²) >= 11 is 1.24. The molecule has 0 radical (unpaired) electrons. The lowest BCUT2D eigenvalue weighted by Crippen LogP contribution is -2.23. The molecule has 2 atom stereocenters. The SMILES string of the molecule is CCNC(=O)c1sc(NC2CC2C)c(C(=O)NC)c1N. The monoisotopic (exact) mass is 296 g/mol. The van der Waals surface area contributed by atoms with Gasteiger partial charge in [-0.3, -0.25) is 9.59 Å². The van der Waals surface area contributed by atoms with E-state index in [-0.39, 0.29) is 17.5 Å². The normalized spacial score (nSPS) is 20.4. The Labute approximate surface area is 122 Å². The first-order valence-electron chi connectivity index (χ1n) is 6.68. The molecule has 0 aliphatic heterocycles. The molecule has 1 aliphatic carbocycles. The number of carbonyl (C=O) groups is 2. The summed E-state index contributed by atoms with van der Waals surface area (Å²) in [6.45, 7) is 4.50. The average molecular weight is 296 g/mol. The molecule has 0 spiro atoms. The maximum Gasteiger partial charge on any atom is 0.263 e. The van der Waals surface area contributed by atoms with Crippen molar-refractivity contribution in [2.24, 2.45) is 5.92 Å². The fourth-order valence-corrected chi connectivity index (χ4v) is 3.09. The molecule has 1 aliphatic rings. The summed E-state index contributed by atoms with van der Waals surface area (Å²) in [5, 5.41) is 9.26. The molecule has 6 nitrogen and oxygen atoms in total. The van der Waals surface area contributed by atoms with Crippen molar-refractivity contribution in [3.05, 3.63) is 10.4 Å². The van der Waals surface area contributed by atoms with E-state index in [0.29, 0.717) is 33.9 Å². The van der Waals surface area contributed by atoms with E-state index in [1.165, 1.54) is 11.3 Å². The second-order valence-corrected chi connectivity index (χ2v) is 5.97. The highest BCUT2D eigenvalue weighted by Crippen LogP contribution is 2.40. The molecule has 1 aromatic heterocycles. The Balaban J connectivity index is 2.35. The third-order valence-electron chi connectivity index (χ3n) is 3.37. The summed E-state index contributed by atoms with van der Waals surface area (Å²) in [6.07, 6.45) is 1.07. The molecule has 7 heteroatoms. The largest absolute Gasteiger partial charge is 0.397 e. The van der Waals surface area contributed by atoms with Gasteiger partial charge in [0.25, 0.3) is 11.8 Å². The first kappa shape index (κ1) is 14.6. The lowest BCUT2D eigenvalue weighted by Gasteiger charge is -2.06. The van der Waals surface area contributed by atoms with Crippen molar-refractivity contribution < 1.29 is 9.59 Å². The third-order valence-corrected chi connectivity index (χ3v) is 4.50. The average Bonchev–Trinajstić information content (AvgIpc) is 2.99. The van der Waals surface area contributed by atoms with Crippen LogP contribution < -0.4 is 21.7 Å². The van der Waals surface area contributed by atoms with Crippen molar-refractivity contribution in [1.82, 2.24) is 10.6 Å². The van der Waals surface area contributed by atoms with Crippen molar-refractivity contribution in [1.29, 1.82) is 0 Å². The van der Waals surface area contributed by atoms with Crippen LogP contribution in [0.5, 0.6) is 0 Å². The zero-order chi connectivity index (χ0) is 14.9. The number of rotatable bonds is 5. The Morgan fingerprint density at radius 3 is 2.55 bits per heavy atom. The zero-order valence-corrected chi connectivity index (χ0v) is 12.7. The highest BCUT2D eigenvalue weighted by Gasteiger charge is 2.35. The van der Waals surface area contributed by atoms with E-state index < -0.39 is 0 Å². The van der Waals surface area contributed by atoms with Crippen molar-refractivity contribution in [3.8, 4) is 0 Å². The van der Waals surface area contributed by atoms with Crippen molar-refractivity contribution in [2.45, 2.75) is 26.3 Å². The number of nitrogens with two attached hydrogens (primary N) is 1. The number of thiophene rings is 1. The molecule has 1 saturated carbocycles. The van der Waals surface area contributed by atoms with Crippen molar-refractivity contribution >= 4 is 33.8 Å². The third kappa shape index (κ3) is 2.72. The first-order valence-corrected chi connectivity index (χ1v) is 7.50. The van der Waals surface area contributed by atoms with E-state index in [1.807, 2.05) is 6.92 Å². The second kappa shape index (κ2) is 5.70. The summed E-state index contributed by atoms with van der Waals surface area (Å²) in [4.78, 5) is 24.3. The van der Waals surface area contributed by atoms with Gasteiger partial charge in [0.2, 0.25) is 0 Å². The predicted molar refractivity (Wildman–Crippen MR) is 81.3 cm³/mol. The van der Waals surface area contributed by atoms with Crippen LogP contribution >= 0.6 is 11.3 Å². The van der Waals surface area contributed by atoms with Crippen LogP contribution in [0.15, 0.2) is 0 Å². The molecule has 0 aromatic carbocycles. The molecule has 1 fully saturated rings. The molecule has 1 aromatic rings. The lowest BCUT2D eigenvalue weighted by atomic mass is 10.2. The number of nitrogens with one attached hydrogen (secondary N) is 3. The molecule has 2 unspecified atom stereocenters. The van der Waals surface area contributed by atoms with Crippen LogP contribution in [-0.4, -0.2) is 31.4 Å². The molecule has 110 valence electrons. The summed E-state index contributed by atoms with van der Waals surface area (Å²) in [5.41, 5.74) is 6.61. The fourth-order valence-electron chi connectivity index (χ4n) is 2.00. The minimum Gasteiger partial charge on any atom is -0.397 e. The number of hydrogen-bond donors (Lipinski definition) is 4. The maximum atomic E-state index is 12.0. The molecule has 20 heavy (non-hydrogen) atoms. The molecule has 2 rings (SSSR count). The van der Waals surface area contributed by atoms with Crippen molar-refractivity contribution in [2.75, 3.05) is 24.6 Å². The smallest absolute Gasteiger partial charge is 0.263 e. The molecule has 0 bridgehead atoms. The van der Waals surface area contributed by atoms with E-state index in [4.69, 9.17) is 5.73 Å². The summed E-state index contributed by atoms with van der Waals surface area (Å²) in [7, 11) is 1.55. The number of hydrogen-bond acceptors (Lipinski definition) is 5. The number of nitrogen functional groups attached to an aromatic ring is 1. The van der Waals surface area contributed by atoms with Crippen LogP contribution in [0, 0.1) is 5.92 Å². The van der Waals surface area contributed by atoms with Gasteiger partial charge in [0.05, 0.1) is 11.3 Å². The van der Waals surface area contributed by atoms with Gasteiger partial charge < -0.3 is 21.7 Å². The maximum absolute atomic E-state index is 12.0. The molecule has 5 N–H and O–H groups in total. The molecular weight excluding hydrogens is 276 g/mol. The van der Waals surface area contributed by atoms with Gasteiger partial charge >= 0.3 is 0 Å². The highest BCUT2D eigenvalue weighted by molar-refractivity contribution is 7.19. The van der Waals surface area contributed by atoms with E-state index >= 15 is 0 Å². The van der Waals surface area contributed by atoms with E-state index in [0.717, 1.165) is 6.42 Å². The van der Waals surface area contributed by atoms with Crippen LogP contribution in [0.3, 0.4) is 0 Å². The fraction of sp³-hybridized carbons (Fsp3) is 0.538. The van der Waals surface area contributed by atoms with Gasteiger partial charge in [0.1, 0.15) is 9.88 Å². The lowest BCUT2D eigenvalue weighted by molar-refractivity contribution is 0.0959. The summed E-state index contributed by atoms with van der Waals surface area (Å²) in [5.74, 6) is 0.0749. The van der Waals surface area contributed by atoms with Crippen LogP contribution in [0.1, 0.15) is 40.3 Å². The molecule has 1 heterocycles. The van der Waals surface area contributed by atoms with Gasteiger partial charge in [-0.25, -0.2) is 0 Å². The van der Waals surface area contributed by atoms with Gasteiger partial charge in [-0.05, 0) is 19.3 Å². The Morgan fingerprint density at radius 1 is 1.40 bits per heavy atom. The Hall–Kier alpha value is -1.76. The standard InChI is InChI=1S/C13H20N4O2S/c1-4-16-12(19)10-9(14)8(11(18)15-3)13(20-10)17-7-5-6(7)2/h6-7,17H,4-5,14H2,1-3H3,(H,15,18)(H,16,19). The minimum absolute atomic E-state index is 0.239. The Bertz CT molecular complexity index is 541. The van der Waals surface area contributed by atoms with Gasteiger partial charge in [0, 0.05) is 19.6 Å². The quantitative estimate of drug-likeness (QED) is 0.657. The van der Waals surface area contributed by atoms with E-state index in [2.05, 4.69) is 22.9 Å². The number of carbonyl (C=O) groups excluding carboxylic acids is 2. The number of amides is 2. The van der Waals surface area contributed by atoms with Crippen LogP contribution in [0.4, 0.5) is 10.7 Å². The second-order valence-electron chi connectivity index (χ2n) is 4.95. The van der Waals surface area contributed by atoms with Crippen LogP contribution in [0.2, 0.25) is 0 Å². The first-order chi connectivity index (χ1) is 9.49. The van der Waals surface area contributed by atoms with Crippen LogP contribution in [0.25, 0.3) is 0 Å². The van der Waals surface area contributed by atoms with Gasteiger partial charge in [-0.2, -0.15) is 0 Å². The zero-order valence-electron chi connectivity index (χ0n) is 11.9. The van der Waals surface area contributed by atoms with Gasteiger partial charge in [0.15, 0.2) is 0 Å². The van der Waals surface area contributed by atoms with Crippen LogP contribution in [-0.2, 0) is 0 Å². The van der Waals surface area contributed by atoms with Crippen molar-refractivity contribution in [3.63, 3.8) is 0 Å². The van der Waals surface area contributed by atoms with E-state index in [9.17, 15) is 9.59 Å². The Morgan fingerprint density at radius 2 is 2.05 bits per heavy atom.